The number of carbonyl (C=O) groups is 1. The standard InChI is InChI=1S/C17H21N3O4/c1-12-4-5-15(24-12)14(20-7-9-23-10-8-20)11-19-16-13(17(21)22)3-2-6-18-16/h2-6,14H,7-11H2,1H3,(H,18,19)(H,21,22)/t14-/m1/s1. The molecule has 24 heavy (non-hydrogen) atoms. The van der Waals surface area contributed by atoms with Crippen LogP contribution in [0.2, 0.25) is 0 Å². The minimum absolute atomic E-state index is 0.00810. The number of pyridine rings is 1. The summed E-state index contributed by atoms with van der Waals surface area (Å²) < 4.78 is 11.2. The van der Waals surface area contributed by atoms with Crippen molar-refractivity contribution in [1.29, 1.82) is 0 Å². The van der Waals surface area contributed by atoms with Gasteiger partial charge in [0.05, 0.1) is 19.3 Å². The van der Waals surface area contributed by atoms with Crippen molar-refractivity contribution < 1.29 is 19.1 Å². The molecule has 0 amide bonds. The first-order valence-electron chi connectivity index (χ1n) is 7.95. The third-order valence-electron chi connectivity index (χ3n) is 4.08. The Morgan fingerprint density at radius 3 is 2.83 bits per heavy atom. The first-order valence-corrected chi connectivity index (χ1v) is 7.95. The van der Waals surface area contributed by atoms with Crippen LogP contribution in [0.15, 0.2) is 34.9 Å². The number of furan rings is 1. The number of morpholine rings is 1. The molecule has 0 unspecified atom stereocenters. The number of anilines is 1. The highest BCUT2D eigenvalue weighted by molar-refractivity contribution is 5.92. The van der Waals surface area contributed by atoms with Gasteiger partial charge in [0.2, 0.25) is 0 Å². The van der Waals surface area contributed by atoms with Crippen LogP contribution in [-0.2, 0) is 4.74 Å². The number of hydrogen-bond donors (Lipinski definition) is 2. The largest absolute Gasteiger partial charge is 0.478 e. The molecule has 1 fully saturated rings. The smallest absolute Gasteiger partial charge is 0.339 e. The fourth-order valence-electron chi connectivity index (χ4n) is 2.84. The molecule has 2 aromatic rings. The van der Waals surface area contributed by atoms with Crippen LogP contribution in [0, 0.1) is 6.92 Å². The van der Waals surface area contributed by atoms with E-state index in [0.29, 0.717) is 25.6 Å². The molecule has 7 nitrogen and oxygen atoms in total. The van der Waals surface area contributed by atoms with Gasteiger partial charge in [0.1, 0.15) is 22.9 Å². The minimum atomic E-state index is -0.998. The van der Waals surface area contributed by atoms with Crippen LogP contribution in [0.1, 0.15) is 27.9 Å². The second kappa shape index (κ2) is 7.46. The zero-order valence-corrected chi connectivity index (χ0v) is 13.6. The van der Waals surface area contributed by atoms with Crippen molar-refractivity contribution in [2.75, 3.05) is 38.2 Å². The summed E-state index contributed by atoms with van der Waals surface area (Å²) in [6.07, 6.45) is 1.58. The molecule has 7 heteroatoms. The van der Waals surface area contributed by atoms with Gasteiger partial charge in [-0.2, -0.15) is 0 Å². The summed E-state index contributed by atoms with van der Waals surface area (Å²) in [6, 6.07) is 7.05. The number of hydrogen-bond acceptors (Lipinski definition) is 6. The van der Waals surface area contributed by atoms with Gasteiger partial charge in [0, 0.05) is 25.8 Å². The molecule has 2 aromatic heterocycles. The average Bonchev–Trinajstić information content (AvgIpc) is 3.02. The topological polar surface area (TPSA) is 87.8 Å². The molecule has 0 radical (unpaired) electrons. The maximum Gasteiger partial charge on any atom is 0.339 e. The van der Waals surface area contributed by atoms with E-state index in [1.54, 1.807) is 18.3 Å². The first kappa shape index (κ1) is 16.5. The molecule has 1 atom stereocenters. The van der Waals surface area contributed by atoms with Gasteiger partial charge in [-0.25, -0.2) is 9.78 Å². The van der Waals surface area contributed by atoms with E-state index in [4.69, 9.17) is 9.15 Å². The lowest BCUT2D eigenvalue weighted by Crippen LogP contribution is -2.41. The summed E-state index contributed by atoms with van der Waals surface area (Å²) in [5.41, 5.74) is 0.161. The Morgan fingerprint density at radius 2 is 2.17 bits per heavy atom. The van der Waals surface area contributed by atoms with Crippen LogP contribution in [0.3, 0.4) is 0 Å². The van der Waals surface area contributed by atoms with Crippen molar-refractivity contribution in [3.8, 4) is 0 Å². The lowest BCUT2D eigenvalue weighted by molar-refractivity contribution is 0.0143. The van der Waals surface area contributed by atoms with Crippen LogP contribution in [0.25, 0.3) is 0 Å². The SMILES string of the molecule is Cc1ccc([C@@H](CNc2ncccc2C(=O)O)N2CCOCC2)o1. The van der Waals surface area contributed by atoms with Gasteiger partial charge < -0.3 is 19.6 Å². The Balaban J connectivity index is 1.78. The fourth-order valence-corrected chi connectivity index (χ4v) is 2.84. The van der Waals surface area contributed by atoms with Crippen molar-refractivity contribution in [3.63, 3.8) is 0 Å². The number of ether oxygens (including phenoxy) is 1. The fraction of sp³-hybridized carbons (Fsp3) is 0.412. The van der Waals surface area contributed by atoms with E-state index in [0.717, 1.165) is 24.6 Å². The van der Waals surface area contributed by atoms with Crippen LogP contribution in [-0.4, -0.2) is 53.8 Å². The Bertz CT molecular complexity index is 695. The third-order valence-corrected chi connectivity index (χ3v) is 4.08. The molecular weight excluding hydrogens is 310 g/mol. The maximum atomic E-state index is 11.3. The predicted molar refractivity (Wildman–Crippen MR) is 88.3 cm³/mol. The minimum Gasteiger partial charge on any atom is -0.478 e. The molecular formula is C17H21N3O4. The summed E-state index contributed by atoms with van der Waals surface area (Å²) in [4.78, 5) is 17.7. The van der Waals surface area contributed by atoms with E-state index in [9.17, 15) is 9.90 Å². The van der Waals surface area contributed by atoms with E-state index >= 15 is 0 Å². The summed E-state index contributed by atoms with van der Waals surface area (Å²) in [5.74, 6) is 1.08. The van der Waals surface area contributed by atoms with Gasteiger partial charge >= 0.3 is 5.97 Å². The predicted octanol–water partition coefficient (Wildman–Crippen LogP) is 2.17. The molecule has 3 rings (SSSR count). The molecule has 0 spiro atoms. The first-order chi connectivity index (χ1) is 11.6. The highest BCUT2D eigenvalue weighted by atomic mass is 16.5. The second-order valence-electron chi connectivity index (χ2n) is 5.70. The average molecular weight is 331 g/mol. The molecule has 128 valence electrons. The lowest BCUT2D eigenvalue weighted by Gasteiger charge is -2.33. The zero-order chi connectivity index (χ0) is 16.9. The van der Waals surface area contributed by atoms with Crippen LogP contribution in [0.4, 0.5) is 5.82 Å². The summed E-state index contributed by atoms with van der Waals surface area (Å²) in [7, 11) is 0. The number of aromatic nitrogens is 1. The van der Waals surface area contributed by atoms with Crippen molar-refractivity contribution >= 4 is 11.8 Å². The van der Waals surface area contributed by atoms with Crippen molar-refractivity contribution in [2.24, 2.45) is 0 Å². The van der Waals surface area contributed by atoms with E-state index < -0.39 is 5.97 Å². The number of nitrogens with zero attached hydrogens (tertiary/aromatic N) is 2. The van der Waals surface area contributed by atoms with Crippen molar-refractivity contribution in [3.05, 3.63) is 47.5 Å². The normalized spacial score (nSPS) is 16.7. The maximum absolute atomic E-state index is 11.3. The molecule has 3 heterocycles. The van der Waals surface area contributed by atoms with Gasteiger partial charge in [-0.05, 0) is 31.2 Å². The molecule has 0 aliphatic carbocycles. The van der Waals surface area contributed by atoms with Gasteiger partial charge in [-0.15, -0.1) is 0 Å². The number of nitrogens with one attached hydrogen (secondary N) is 1. The molecule has 1 aliphatic rings. The quantitative estimate of drug-likeness (QED) is 0.838. The Hall–Kier alpha value is -2.38. The third kappa shape index (κ3) is 3.74. The van der Waals surface area contributed by atoms with E-state index in [2.05, 4.69) is 15.2 Å². The number of aromatic carboxylic acids is 1. The van der Waals surface area contributed by atoms with Crippen molar-refractivity contribution in [1.82, 2.24) is 9.88 Å². The molecule has 0 saturated carbocycles. The van der Waals surface area contributed by atoms with E-state index in [-0.39, 0.29) is 11.6 Å². The zero-order valence-electron chi connectivity index (χ0n) is 13.6. The second-order valence-corrected chi connectivity index (χ2v) is 5.70. The van der Waals surface area contributed by atoms with E-state index in [1.807, 2.05) is 19.1 Å². The van der Waals surface area contributed by atoms with Gasteiger partial charge in [0.15, 0.2) is 0 Å². The van der Waals surface area contributed by atoms with Gasteiger partial charge in [-0.1, -0.05) is 0 Å². The highest BCUT2D eigenvalue weighted by Gasteiger charge is 2.25. The summed E-state index contributed by atoms with van der Waals surface area (Å²) in [6.45, 7) is 5.39. The van der Waals surface area contributed by atoms with Gasteiger partial charge in [0.25, 0.3) is 0 Å². The number of carboxylic acid groups (broad SMARTS) is 1. The van der Waals surface area contributed by atoms with Gasteiger partial charge in [-0.3, -0.25) is 4.90 Å². The molecule has 0 bridgehead atoms. The molecule has 2 N–H and O–H groups in total. The monoisotopic (exact) mass is 331 g/mol. The van der Waals surface area contributed by atoms with Crippen LogP contribution in [0.5, 0.6) is 0 Å². The highest BCUT2D eigenvalue weighted by Crippen LogP contribution is 2.25. The molecule has 1 aliphatic heterocycles. The number of carboxylic acids is 1. The Labute approximate surface area is 140 Å². The molecule has 1 saturated heterocycles. The van der Waals surface area contributed by atoms with E-state index in [1.165, 1.54) is 0 Å². The Morgan fingerprint density at radius 1 is 1.38 bits per heavy atom. The number of aryl methyl sites for hydroxylation is 1. The summed E-state index contributed by atoms with van der Waals surface area (Å²) >= 11 is 0. The van der Waals surface area contributed by atoms with Crippen molar-refractivity contribution in [2.45, 2.75) is 13.0 Å². The summed E-state index contributed by atoms with van der Waals surface area (Å²) in [5, 5.41) is 12.4. The Kier molecular flexibility index (Phi) is 5.12. The molecule has 0 aromatic carbocycles. The lowest BCUT2D eigenvalue weighted by atomic mass is 10.1. The van der Waals surface area contributed by atoms with Crippen LogP contribution < -0.4 is 5.32 Å². The number of rotatable bonds is 6. The van der Waals surface area contributed by atoms with Crippen LogP contribution >= 0.6 is 0 Å².